The van der Waals surface area contributed by atoms with Crippen LogP contribution < -0.4 is 5.32 Å². The monoisotopic (exact) mass is 287 g/mol. The number of esters is 1. The lowest BCUT2D eigenvalue weighted by molar-refractivity contribution is 0.0600. The van der Waals surface area contributed by atoms with Crippen LogP contribution in [0.3, 0.4) is 0 Å². The first-order valence-corrected chi connectivity index (χ1v) is 6.94. The Morgan fingerprint density at radius 1 is 1.24 bits per heavy atom. The minimum absolute atomic E-state index is 0.130. The van der Waals surface area contributed by atoms with E-state index >= 15 is 0 Å². The van der Waals surface area contributed by atoms with Crippen LogP contribution in [0.15, 0.2) is 28.7 Å². The maximum absolute atomic E-state index is 11.5. The Hall–Kier alpha value is -2.23. The van der Waals surface area contributed by atoms with E-state index in [0.717, 1.165) is 28.3 Å². The van der Waals surface area contributed by atoms with Gasteiger partial charge < -0.3 is 14.5 Å². The SMILES string of the molecule is COC(=O)c1ccc(NC(C)c2cc(C)oc2C)c(C)c1. The van der Waals surface area contributed by atoms with Gasteiger partial charge in [0.05, 0.1) is 18.7 Å². The van der Waals surface area contributed by atoms with Crippen LogP contribution in [0.1, 0.15) is 46.0 Å². The number of ether oxygens (including phenoxy) is 1. The van der Waals surface area contributed by atoms with Crippen molar-refractivity contribution < 1.29 is 13.9 Å². The first kappa shape index (κ1) is 15.2. The number of anilines is 1. The quantitative estimate of drug-likeness (QED) is 0.858. The summed E-state index contributed by atoms with van der Waals surface area (Å²) in [4.78, 5) is 11.5. The molecular formula is C17H21NO3. The van der Waals surface area contributed by atoms with Gasteiger partial charge in [-0.15, -0.1) is 0 Å². The number of carbonyl (C=O) groups excluding carboxylic acids is 1. The normalized spacial score (nSPS) is 12.0. The van der Waals surface area contributed by atoms with Crippen LogP contribution in [0.5, 0.6) is 0 Å². The van der Waals surface area contributed by atoms with E-state index in [9.17, 15) is 4.79 Å². The molecule has 4 nitrogen and oxygen atoms in total. The van der Waals surface area contributed by atoms with E-state index in [1.807, 2.05) is 39.0 Å². The number of hydrogen-bond acceptors (Lipinski definition) is 4. The van der Waals surface area contributed by atoms with Crippen molar-refractivity contribution in [2.75, 3.05) is 12.4 Å². The third kappa shape index (κ3) is 3.27. The van der Waals surface area contributed by atoms with Gasteiger partial charge in [-0.1, -0.05) is 0 Å². The van der Waals surface area contributed by atoms with E-state index in [0.29, 0.717) is 5.56 Å². The molecule has 0 bridgehead atoms. The average Bonchev–Trinajstić information content (AvgIpc) is 2.79. The summed E-state index contributed by atoms with van der Waals surface area (Å²) < 4.78 is 10.3. The lowest BCUT2D eigenvalue weighted by atomic mass is 10.1. The van der Waals surface area contributed by atoms with Crippen LogP contribution in [0.2, 0.25) is 0 Å². The highest BCUT2D eigenvalue weighted by Crippen LogP contribution is 2.27. The van der Waals surface area contributed by atoms with Gasteiger partial charge in [-0.2, -0.15) is 0 Å². The second-order valence-corrected chi connectivity index (χ2v) is 5.26. The summed E-state index contributed by atoms with van der Waals surface area (Å²) in [6, 6.07) is 7.67. The van der Waals surface area contributed by atoms with Gasteiger partial charge in [-0.05, 0) is 57.5 Å². The lowest BCUT2D eigenvalue weighted by Gasteiger charge is -2.17. The van der Waals surface area contributed by atoms with Gasteiger partial charge in [0.2, 0.25) is 0 Å². The number of methoxy groups -OCH3 is 1. The van der Waals surface area contributed by atoms with Gasteiger partial charge >= 0.3 is 5.97 Å². The summed E-state index contributed by atoms with van der Waals surface area (Å²) in [6.07, 6.45) is 0. The van der Waals surface area contributed by atoms with Crippen molar-refractivity contribution in [2.24, 2.45) is 0 Å². The summed E-state index contributed by atoms with van der Waals surface area (Å²) in [5.41, 5.74) is 3.70. The molecule has 1 N–H and O–H groups in total. The summed E-state index contributed by atoms with van der Waals surface area (Å²) in [5, 5.41) is 3.45. The predicted octanol–water partition coefficient (Wildman–Crippen LogP) is 4.16. The molecule has 0 aliphatic rings. The van der Waals surface area contributed by atoms with Crippen molar-refractivity contribution in [3.63, 3.8) is 0 Å². The van der Waals surface area contributed by atoms with E-state index in [4.69, 9.17) is 9.15 Å². The molecule has 0 aliphatic heterocycles. The van der Waals surface area contributed by atoms with E-state index in [2.05, 4.69) is 12.2 Å². The first-order valence-electron chi connectivity index (χ1n) is 6.94. The maximum atomic E-state index is 11.5. The Bertz CT molecular complexity index is 658. The Morgan fingerprint density at radius 3 is 2.48 bits per heavy atom. The number of furan rings is 1. The number of rotatable bonds is 4. The van der Waals surface area contributed by atoms with Gasteiger partial charge in [0, 0.05) is 11.3 Å². The van der Waals surface area contributed by atoms with Crippen molar-refractivity contribution in [1.29, 1.82) is 0 Å². The molecule has 0 spiro atoms. The zero-order chi connectivity index (χ0) is 15.6. The highest BCUT2D eigenvalue weighted by molar-refractivity contribution is 5.90. The molecule has 112 valence electrons. The molecule has 0 amide bonds. The van der Waals surface area contributed by atoms with E-state index < -0.39 is 0 Å². The van der Waals surface area contributed by atoms with Crippen LogP contribution >= 0.6 is 0 Å². The molecule has 0 fully saturated rings. The molecular weight excluding hydrogens is 266 g/mol. The number of carbonyl (C=O) groups is 1. The summed E-state index contributed by atoms with van der Waals surface area (Å²) >= 11 is 0. The van der Waals surface area contributed by atoms with E-state index in [1.54, 1.807) is 6.07 Å². The molecule has 2 rings (SSSR count). The molecule has 0 aliphatic carbocycles. The molecule has 21 heavy (non-hydrogen) atoms. The topological polar surface area (TPSA) is 51.5 Å². The van der Waals surface area contributed by atoms with Crippen LogP contribution in [0.4, 0.5) is 5.69 Å². The highest BCUT2D eigenvalue weighted by atomic mass is 16.5. The number of aryl methyl sites for hydroxylation is 3. The highest BCUT2D eigenvalue weighted by Gasteiger charge is 2.14. The minimum Gasteiger partial charge on any atom is -0.466 e. The van der Waals surface area contributed by atoms with Gasteiger partial charge in [-0.3, -0.25) is 0 Å². The Labute approximate surface area is 125 Å². The number of nitrogens with one attached hydrogen (secondary N) is 1. The molecule has 0 radical (unpaired) electrons. The molecule has 1 atom stereocenters. The molecule has 4 heteroatoms. The van der Waals surface area contributed by atoms with Crippen molar-refractivity contribution in [3.8, 4) is 0 Å². The van der Waals surface area contributed by atoms with E-state index in [-0.39, 0.29) is 12.0 Å². The molecule has 1 unspecified atom stereocenters. The fourth-order valence-electron chi connectivity index (χ4n) is 2.46. The minimum atomic E-state index is -0.320. The van der Waals surface area contributed by atoms with Gasteiger partial charge in [0.25, 0.3) is 0 Å². The van der Waals surface area contributed by atoms with Crippen molar-refractivity contribution in [2.45, 2.75) is 33.7 Å². The van der Waals surface area contributed by atoms with Crippen molar-refractivity contribution >= 4 is 11.7 Å². The second-order valence-electron chi connectivity index (χ2n) is 5.26. The van der Waals surface area contributed by atoms with Gasteiger partial charge in [-0.25, -0.2) is 4.79 Å². The molecule has 0 saturated carbocycles. The first-order chi connectivity index (χ1) is 9.92. The standard InChI is InChI=1S/C17H21NO3/c1-10-8-14(17(19)20-5)6-7-16(10)18-12(3)15-9-11(2)21-13(15)4/h6-9,12,18H,1-5H3. The zero-order valence-corrected chi connectivity index (χ0v) is 13.1. The zero-order valence-electron chi connectivity index (χ0n) is 13.1. The third-order valence-electron chi connectivity index (χ3n) is 3.57. The fourth-order valence-corrected chi connectivity index (χ4v) is 2.46. The largest absolute Gasteiger partial charge is 0.466 e. The summed E-state index contributed by atoms with van der Waals surface area (Å²) in [6.45, 7) is 7.97. The van der Waals surface area contributed by atoms with Crippen molar-refractivity contribution in [1.82, 2.24) is 0 Å². The van der Waals surface area contributed by atoms with Gasteiger partial charge in [0.1, 0.15) is 11.5 Å². The number of hydrogen-bond donors (Lipinski definition) is 1. The Morgan fingerprint density at radius 2 is 1.95 bits per heavy atom. The molecule has 0 saturated heterocycles. The second kappa shape index (κ2) is 6.04. The van der Waals surface area contributed by atoms with Gasteiger partial charge in [0.15, 0.2) is 0 Å². The van der Waals surface area contributed by atoms with Crippen LogP contribution in [-0.2, 0) is 4.74 Å². The third-order valence-corrected chi connectivity index (χ3v) is 3.57. The fraction of sp³-hybridized carbons (Fsp3) is 0.353. The summed E-state index contributed by atoms with van der Waals surface area (Å²) in [7, 11) is 1.38. The van der Waals surface area contributed by atoms with Crippen LogP contribution in [-0.4, -0.2) is 13.1 Å². The Kier molecular flexibility index (Phi) is 4.36. The predicted molar refractivity (Wildman–Crippen MR) is 82.7 cm³/mol. The lowest BCUT2D eigenvalue weighted by Crippen LogP contribution is -2.09. The average molecular weight is 287 g/mol. The molecule has 1 aromatic heterocycles. The summed E-state index contributed by atoms with van der Waals surface area (Å²) in [5.74, 6) is 1.52. The molecule has 2 aromatic rings. The smallest absolute Gasteiger partial charge is 0.337 e. The van der Waals surface area contributed by atoms with E-state index in [1.165, 1.54) is 7.11 Å². The van der Waals surface area contributed by atoms with Crippen molar-refractivity contribution in [3.05, 3.63) is 52.5 Å². The van der Waals surface area contributed by atoms with Crippen LogP contribution in [0, 0.1) is 20.8 Å². The molecule has 1 heterocycles. The Balaban J connectivity index is 2.20. The maximum Gasteiger partial charge on any atom is 0.337 e. The number of benzene rings is 1. The molecule has 1 aromatic carbocycles. The van der Waals surface area contributed by atoms with Crippen LogP contribution in [0.25, 0.3) is 0 Å².